The first-order valence-electron chi connectivity index (χ1n) is 6.80. The number of hydrogen-bond donors (Lipinski definition) is 2. The van der Waals surface area contributed by atoms with Crippen LogP contribution in [-0.2, 0) is 9.59 Å². The minimum atomic E-state index is -0.265. The first kappa shape index (κ1) is 17.0. The molecule has 116 valence electrons. The molecular formula is C15H23N3O3. The molecule has 0 aliphatic carbocycles. The SMILES string of the molecule is CC(N)C(C)C(=O)Nc1ccc(OCC(=O)N(C)C)cc1. The van der Waals surface area contributed by atoms with Gasteiger partial charge in [0, 0.05) is 25.8 Å². The fraction of sp³-hybridized carbons (Fsp3) is 0.467. The second-order valence-corrected chi connectivity index (χ2v) is 5.24. The Morgan fingerprint density at radius 2 is 1.81 bits per heavy atom. The van der Waals surface area contributed by atoms with Crippen LogP contribution in [0.25, 0.3) is 0 Å². The first-order valence-corrected chi connectivity index (χ1v) is 6.80. The second kappa shape index (κ2) is 7.64. The summed E-state index contributed by atoms with van der Waals surface area (Å²) in [5.74, 6) is 0.0710. The zero-order chi connectivity index (χ0) is 16.0. The molecule has 0 bridgehead atoms. The molecule has 0 radical (unpaired) electrons. The van der Waals surface area contributed by atoms with Gasteiger partial charge in [0.05, 0.1) is 5.92 Å². The van der Waals surface area contributed by atoms with Crippen LogP contribution in [0, 0.1) is 5.92 Å². The number of benzene rings is 1. The average molecular weight is 293 g/mol. The summed E-state index contributed by atoms with van der Waals surface area (Å²) < 4.78 is 5.35. The molecule has 3 N–H and O–H groups in total. The summed E-state index contributed by atoms with van der Waals surface area (Å²) in [5, 5.41) is 2.78. The highest BCUT2D eigenvalue weighted by Crippen LogP contribution is 2.16. The van der Waals surface area contributed by atoms with Crippen molar-refractivity contribution in [2.45, 2.75) is 19.9 Å². The van der Waals surface area contributed by atoms with Gasteiger partial charge in [0.1, 0.15) is 5.75 Å². The molecule has 6 heteroatoms. The molecule has 0 aliphatic heterocycles. The van der Waals surface area contributed by atoms with Gasteiger partial charge in [-0.15, -0.1) is 0 Å². The highest BCUT2D eigenvalue weighted by atomic mass is 16.5. The highest BCUT2D eigenvalue weighted by molar-refractivity contribution is 5.92. The summed E-state index contributed by atoms with van der Waals surface area (Å²) in [5.41, 5.74) is 6.36. The molecule has 0 spiro atoms. The van der Waals surface area contributed by atoms with Gasteiger partial charge >= 0.3 is 0 Å². The van der Waals surface area contributed by atoms with Crippen LogP contribution in [0.2, 0.25) is 0 Å². The van der Waals surface area contributed by atoms with Crippen molar-refractivity contribution in [3.63, 3.8) is 0 Å². The maximum Gasteiger partial charge on any atom is 0.259 e. The van der Waals surface area contributed by atoms with Crippen molar-refractivity contribution in [1.29, 1.82) is 0 Å². The number of rotatable bonds is 6. The van der Waals surface area contributed by atoms with Gasteiger partial charge in [0.2, 0.25) is 5.91 Å². The van der Waals surface area contributed by atoms with Crippen LogP contribution in [0.4, 0.5) is 5.69 Å². The Morgan fingerprint density at radius 1 is 1.24 bits per heavy atom. The second-order valence-electron chi connectivity index (χ2n) is 5.24. The first-order chi connectivity index (χ1) is 9.81. The Labute approximate surface area is 125 Å². The minimum absolute atomic E-state index is 0.0135. The summed E-state index contributed by atoms with van der Waals surface area (Å²) in [6.45, 7) is 3.56. The van der Waals surface area contributed by atoms with Crippen LogP contribution in [-0.4, -0.2) is 43.5 Å². The van der Waals surface area contributed by atoms with Crippen molar-refractivity contribution in [2.75, 3.05) is 26.0 Å². The Kier molecular flexibility index (Phi) is 6.17. The van der Waals surface area contributed by atoms with Crippen molar-refractivity contribution >= 4 is 17.5 Å². The highest BCUT2D eigenvalue weighted by Gasteiger charge is 2.16. The number of amides is 2. The number of nitrogens with one attached hydrogen (secondary N) is 1. The van der Waals surface area contributed by atoms with Crippen LogP contribution in [0.5, 0.6) is 5.75 Å². The van der Waals surface area contributed by atoms with Gasteiger partial charge in [-0.2, -0.15) is 0 Å². The molecule has 0 saturated carbocycles. The smallest absolute Gasteiger partial charge is 0.259 e. The van der Waals surface area contributed by atoms with Gasteiger partial charge in [-0.1, -0.05) is 6.92 Å². The molecule has 6 nitrogen and oxygen atoms in total. The number of ether oxygens (including phenoxy) is 1. The quantitative estimate of drug-likeness (QED) is 0.822. The summed E-state index contributed by atoms with van der Waals surface area (Å²) in [7, 11) is 3.34. The molecule has 2 amide bonds. The zero-order valence-corrected chi connectivity index (χ0v) is 12.9. The third-order valence-electron chi connectivity index (χ3n) is 3.19. The van der Waals surface area contributed by atoms with Crippen LogP contribution in [0.15, 0.2) is 24.3 Å². The van der Waals surface area contributed by atoms with E-state index >= 15 is 0 Å². The van der Waals surface area contributed by atoms with Crippen molar-refractivity contribution < 1.29 is 14.3 Å². The number of hydrogen-bond acceptors (Lipinski definition) is 4. The van der Waals surface area contributed by atoms with E-state index in [0.29, 0.717) is 11.4 Å². The van der Waals surface area contributed by atoms with Gasteiger partial charge in [0.25, 0.3) is 5.91 Å². The standard InChI is InChI=1S/C15H23N3O3/c1-10(11(2)16)15(20)17-12-5-7-13(8-6-12)21-9-14(19)18(3)4/h5-8,10-11H,9,16H2,1-4H3,(H,17,20). The number of nitrogens with two attached hydrogens (primary N) is 1. The molecule has 21 heavy (non-hydrogen) atoms. The monoisotopic (exact) mass is 293 g/mol. The van der Waals surface area contributed by atoms with Crippen molar-refractivity contribution in [1.82, 2.24) is 4.90 Å². The predicted molar refractivity (Wildman–Crippen MR) is 82.1 cm³/mol. The minimum Gasteiger partial charge on any atom is -0.484 e. The van der Waals surface area contributed by atoms with Crippen molar-refractivity contribution in [3.8, 4) is 5.75 Å². The van der Waals surface area contributed by atoms with E-state index in [1.165, 1.54) is 4.90 Å². The molecule has 2 unspecified atom stereocenters. The van der Waals surface area contributed by atoms with E-state index in [4.69, 9.17) is 10.5 Å². The summed E-state index contributed by atoms with van der Waals surface area (Å²) in [6, 6.07) is 6.65. The maximum atomic E-state index is 11.9. The van der Waals surface area contributed by atoms with E-state index in [0.717, 1.165) is 0 Å². The van der Waals surface area contributed by atoms with E-state index in [9.17, 15) is 9.59 Å². The summed E-state index contributed by atoms with van der Waals surface area (Å²) >= 11 is 0. The predicted octanol–water partition coefficient (Wildman–Crippen LogP) is 1.08. The maximum absolute atomic E-state index is 11.9. The molecule has 0 fully saturated rings. The number of carbonyl (C=O) groups excluding carboxylic acids is 2. The van der Waals surface area contributed by atoms with Gasteiger partial charge < -0.3 is 20.7 Å². The van der Waals surface area contributed by atoms with Crippen LogP contribution >= 0.6 is 0 Å². The normalized spacial score (nSPS) is 13.2. The van der Waals surface area contributed by atoms with Gasteiger partial charge in [-0.25, -0.2) is 0 Å². The lowest BCUT2D eigenvalue weighted by atomic mass is 10.0. The van der Waals surface area contributed by atoms with E-state index in [-0.39, 0.29) is 30.4 Å². The third-order valence-corrected chi connectivity index (χ3v) is 3.19. The molecule has 1 aromatic carbocycles. The molecule has 1 aromatic rings. The largest absolute Gasteiger partial charge is 0.484 e. The molecular weight excluding hydrogens is 270 g/mol. The van der Waals surface area contributed by atoms with Gasteiger partial charge in [-0.05, 0) is 31.2 Å². The molecule has 0 aliphatic rings. The Morgan fingerprint density at radius 3 is 2.29 bits per heavy atom. The topological polar surface area (TPSA) is 84.7 Å². The lowest BCUT2D eigenvalue weighted by molar-refractivity contribution is -0.130. The Balaban J connectivity index is 2.54. The van der Waals surface area contributed by atoms with Crippen molar-refractivity contribution in [3.05, 3.63) is 24.3 Å². The number of likely N-dealkylation sites (N-methyl/N-ethyl adjacent to an activating group) is 1. The zero-order valence-electron chi connectivity index (χ0n) is 12.9. The van der Waals surface area contributed by atoms with Gasteiger partial charge in [-0.3, -0.25) is 9.59 Å². The van der Waals surface area contributed by atoms with Crippen LogP contribution in [0.3, 0.4) is 0 Å². The van der Waals surface area contributed by atoms with Crippen LogP contribution < -0.4 is 15.8 Å². The number of nitrogens with zero attached hydrogens (tertiary/aromatic N) is 1. The molecule has 1 rings (SSSR count). The van der Waals surface area contributed by atoms with E-state index in [1.54, 1.807) is 52.2 Å². The Bertz CT molecular complexity index is 483. The summed E-state index contributed by atoms with van der Waals surface area (Å²) in [4.78, 5) is 24.7. The summed E-state index contributed by atoms with van der Waals surface area (Å²) in [6.07, 6.45) is 0. The van der Waals surface area contributed by atoms with Crippen molar-refractivity contribution in [2.24, 2.45) is 11.7 Å². The van der Waals surface area contributed by atoms with E-state index in [1.807, 2.05) is 0 Å². The fourth-order valence-corrected chi connectivity index (χ4v) is 1.40. The number of anilines is 1. The number of carbonyl (C=O) groups is 2. The molecule has 0 aromatic heterocycles. The van der Waals surface area contributed by atoms with E-state index < -0.39 is 0 Å². The van der Waals surface area contributed by atoms with Gasteiger partial charge in [0.15, 0.2) is 6.61 Å². The fourth-order valence-electron chi connectivity index (χ4n) is 1.40. The Hall–Kier alpha value is -2.08. The molecule has 0 saturated heterocycles. The lowest BCUT2D eigenvalue weighted by Crippen LogP contribution is -2.34. The third kappa shape index (κ3) is 5.43. The molecule has 0 heterocycles. The molecule has 2 atom stereocenters. The lowest BCUT2D eigenvalue weighted by Gasteiger charge is -2.15. The van der Waals surface area contributed by atoms with E-state index in [2.05, 4.69) is 5.32 Å². The van der Waals surface area contributed by atoms with Crippen LogP contribution in [0.1, 0.15) is 13.8 Å². The average Bonchev–Trinajstić information content (AvgIpc) is 2.44.